The molecule has 0 aromatic rings. The molecule has 0 saturated carbocycles. The molecule has 0 saturated heterocycles. The van der Waals surface area contributed by atoms with Crippen LogP contribution >= 0.6 is 11.8 Å². The average Bonchev–Trinajstić information content (AvgIpc) is 2.20. The fourth-order valence-electron chi connectivity index (χ4n) is 1.12. The summed E-state index contributed by atoms with van der Waals surface area (Å²) in [6.45, 7) is 8.72. The highest BCUT2D eigenvalue weighted by Gasteiger charge is 2.23. The standard InChI is InChI=1S/C12H23NO4S/c1-8(16-6)10(7-18-9(2)14)13-11(15)17-12(3,4)5/h8,10H,7H2,1-6H3,(H,13,15)/t8-,10-/m1/s1. The molecule has 0 bridgehead atoms. The van der Waals surface area contributed by atoms with Crippen molar-refractivity contribution in [2.45, 2.75) is 52.4 Å². The van der Waals surface area contributed by atoms with E-state index >= 15 is 0 Å². The van der Waals surface area contributed by atoms with E-state index in [2.05, 4.69) is 5.32 Å². The zero-order chi connectivity index (χ0) is 14.3. The molecule has 0 radical (unpaired) electrons. The lowest BCUT2D eigenvalue weighted by atomic mass is 10.2. The Hall–Kier alpha value is -0.750. The number of ether oxygens (including phenoxy) is 2. The zero-order valence-corrected chi connectivity index (χ0v) is 12.7. The van der Waals surface area contributed by atoms with Gasteiger partial charge in [0.2, 0.25) is 0 Å². The van der Waals surface area contributed by atoms with Crippen LogP contribution in [-0.4, -0.2) is 41.8 Å². The first-order valence-electron chi connectivity index (χ1n) is 5.81. The van der Waals surface area contributed by atoms with Gasteiger partial charge in [-0.3, -0.25) is 4.79 Å². The van der Waals surface area contributed by atoms with Crippen molar-refractivity contribution in [2.75, 3.05) is 12.9 Å². The minimum Gasteiger partial charge on any atom is -0.444 e. The number of carbonyl (C=O) groups excluding carboxylic acids is 2. The van der Waals surface area contributed by atoms with Crippen molar-refractivity contribution in [3.63, 3.8) is 0 Å². The molecule has 0 spiro atoms. The van der Waals surface area contributed by atoms with Gasteiger partial charge in [0.1, 0.15) is 5.60 Å². The van der Waals surface area contributed by atoms with Gasteiger partial charge < -0.3 is 14.8 Å². The van der Waals surface area contributed by atoms with Crippen molar-refractivity contribution < 1.29 is 19.1 Å². The number of amides is 1. The summed E-state index contributed by atoms with van der Waals surface area (Å²) in [7, 11) is 1.56. The van der Waals surface area contributed by atoms with Gasteiger partial charge in [-0.15, -0.1) is 0 Å². The van der Waals surface area contributed by atoms with Crippen LogP contribution in [0.15, 0.2) is 0 Å². The molecule has 1 amide bonds. The van der Waals surface area contributed by atoms with Crippen molar-refractivity contribution in [3.05, 3.63) is 0 Å². The second kappa shape index (κ2) is 7.63. The van der Waals surface area contributed by atoms with Gasteiger partial charge in [0.05, 0.1) is 12.1 Å². The molecule has 1 N–H and O–H groups in total. The lowest BCUT2D eigenvalue weighted by molar-refractivity contribution is -0.109. The quantitative estimate of drug-likeness (QED) is 0.834. The van der Waals surface area contributed by atoms with Crippen molar-refractivity contribution in [3.8, 4) is 0 Å². The molecule has 0 rings (SSSR count). The van der Waals surface area contributed by atoms with Crippen LogP contribution in [0.25, 0.3) is 0 Å². The van der Waals surface area contributed by atoms with Crippen molar-refractivity contribution in [1.82, 2.24) is 5.32 Å². The monoisotopic (exact) mass is 277 g/mol. The Kier molecular flexibility index (Phi) is 7.32. The number of methoxy groups -OCH3 is 1. The predicted octanol–water partition coefficient (Wildman–Crippen LogP) is 2.19. The number of thioether (sulfide) groups is 1. The molecule has 5 nitrogen and oxygen atoms in total. The van der Waals surface area contributed by atoms with E-state index < -0.39 is 11.7 Å². The number of hydrogen-bond acceptors (Lipinski definition) is 5. The van der Waals surface area contributed by atoms with E-state index in [0.717, 1.165) is 11.8 Å². The fourth-order valence-corrected chi connectivity index (χ4v) is 1.89. The van der Waals surface area contributed by atoms with E-state index in [4.69, 9.17) is 9.47 Å². The van der Waals surface area contributed by atoms with Crippen LogP contribution in [0.4, 0.5) is 4.79 Å². The molecule has 0 heterocycles. The fraction of sp³-hybridized carbons (Fsp3) is 0.833. The smallest absolute Gasteiger partial charge is 0.407 e. The Morgan fingerprint density at radius 3 is 2.28 bits per heavy atom. The van der Waals surface area contributed by atoms with Crippen LogP contribution in [0, 0.1) is 0 Å². The Balaban J connectivity index is 4.40. The van der Waals surface area contributed by atoms with Gasteiger partial charge in [-0.05, 0) is 27.7 Å². The molecule has 0 aliphatic carbocycles. The summed E-state index contributed by atoms with van der Waals surface area (Å²) >= 11 is 1.15. The van der Waals surface area contributed by atoms with E-state index in [1.165, 1.54) is 6.92 Å². The summed E-state index contributed by atoms with van der Waals surface area (Å²) in [5.41, 5.74) is -0.543. The van der Waals surface area contributed by atoms with Crippen LogP contribution in [0.3, 0.4) is 0 Å². The first-order chi connectivity index (χ1) is 8.15. The SMILES string of the molecule is CO[C@H](C)[C@@H](CSC(C)=O)NC(=O)OC(C)(C)C. The molecule has 0 aliphatic heterocycles. The van der Waals surface area contributed by atoms with E-state index in [1.807, 2.05) is 6.92 Å². The molecular weight excluding hydrogens is 254 g/mol. The largest absolute Gasteiger partial charge is 0.444 e. The maximum atomic E-state index is 11.7. The average molecular weight is 277 g/mol. The van der Waals surface area contributed by atoms with Gasteiger partial charge >= 0.3 is 6.09 Å². The Morgan fingerprint density at radius 1 is 1.33 bits per heavy atom. The maximum Gasteiger partial charge on any atom is 0.407 e. The third-order valence-electron chi connectivity index (χ3n) is 2.11. The minimum atomic E-state index is -0.543. The lowest BCUT2D eigenvalue weighted by Gasteiger charge is -2.26. The van der Waals surface area contributed by atoms with Gasteiger partial charge in [0.25, 0.3) is 0 Å². The van der Waals surface area contributed by atoms with Crippen LogP contribution in [0.5, 0.6) is 0 Å². The Morgan fingerprint density at radius 2 is 1.89 bits per heavy atom. The van der Waals surface area contributed by atoms with Gasteiger partial charge in [-0.2, -0.15) is 0 Å². The minimum absolute atomic E-state index is 0.00860. The van der Waals surface area contributed by atoms with Gasteiger partial charge in [-0.1, -0.05) is 11.8 Å². The van der Waals surface area contributed by atoms with Gasteiger partial charge in [-0.25, -0.2) is 4.79 Å². The summed E-state index contributed by atoms with van der Waals surface area (Å²) < 4.78 is 10.4. The summed E-state index contributed by atoms with van der Waals surface area (Å²) in [6, 6.07) is -0.265. The number of alkyl carbamates (subject to hydrolysis) is 1. The summed E-state index contributed by atoms with van der Waals surface area (Å²) in [6.07, 6.45) is -0.690. The van der Waals surface area contributed by atoms with E-state index in [0.29, 0.717) is 5.75 Å². The lowest BCUT2D eigenvalue weighted by Crippen LogP contribution is -2.46. The van der Waals surface area contributed by atoms with Crippen molar-refractivity contribution >= 4 is 23.0 Å². The van der Waals surface area contributed by atoms with Crippen molar-refractivity contribution in [2.24, 2.45) is 0 Å². The Bertz CT molecular complexity index is 288. The molecule has 2 atom stereocenters. The maximum absolute atomic E-state index is 11.7. The molecular formula is C12H23NO4S. The number of carbonyl (C=O) groups is 2. The van der Waals surface area contributed by atoms with Crippen LogP contribution < -0.4 is 5.32 Å². The van der Waals surface area contributed by atoms with Crippen LogP contribution in [0.1, 0.15) is 34.6 Å². The third-order valence-corrected chi connectivity index (χ3v) is 3.04. The molecule has 106 valence electrons. The zero-order valence-electron chi connectivity index (χ0n) is 11.9. The first kappa shape index (κ1) is 17.2. The molecule has 0 aromatic carbocycles. The predicted molar refractivity (Wildman–Crippen MR) is 72.8 cm³/mol. The first-order valence-corrected chi connectivity index (χ1v) is 6.80. The normalized spacial score (nSPS) is 14.8. The molecule has 0 unspecified atom stereocenters. The molecule has 0 aliphatic rings. The van der Waals surface area contributed by atoms with Gasteiger partial charge in [0, 0.05) is 19.8 Å². The number of rotatable bonds is 5. The second-order valence-electron chi connectivity index (χ2n) is 5.00. The van der Waals surface area contributed by atoms with Crippen LogP contribution in [0.2, 0.25) is 0 Å². The van der Waals surface area contributed by atoms with E-state index in [9.17, 15) is 9.59 Å². The van der Waals surface area contributed by atoms with Gasteiger partial charge in [0.15, 0.2) is 5.12 Å². The van der Waals surface area contributed by atoms with Crippen molar-refractivity contribution in [1.29, 1.82) is 0 Å². The van der Waals surface area contributed by atoms with Crippen LogP contribution in [-0.2, 0) is 14.3 Å². The Labute approximate surface area is 113 Å². The topological polar surface area (TPSA) is 64.6 Å². The summed E-state index contributed by atoms with van der Waals surface area (Å²) in [4.78, 5) is 22.6. The summed E-state index contributed by atoms with van der Waals surface area (Å²) in [5, 5.41) is 2.73. The third kappa shape index (κ3) is 8.36. The molecule has 6 heteroatoms. The number of nitrogens with one attached hydrogen (secondary N) is 1. The molecule has 0 aromatic heterocycles. The highest BCUT2D eigenvalue weighted by molar-refractivity contribution is 8.13. The molecule has 18 heavy (non-hydrogen) atoms. The van der Waals surface area contributed by atoms with E-state index in [-0.39, 0.29) is 17.3 Å². The van der Waals surface area contributed by atoms with E-state index in [1.54, 1.807) is 27.9 Å². The summed E-state index contributed by atoms with van der Waals surface area (Å²) in [5.74, 6) is 0.462. The molecule has 0 fully saturated rings. The second-order valence-corrected chi connectivity index (χ2v) is 6.19. The number of hydrogen-bond donors (Lipinski definition) is 1. The highest BCUT2D eigenvalue weighted by Crippen LogP contribution is 2.11. The highest BCUT2D eigenvalue weighted by atomic mass is 32.2.